The van der Waals surface area contributed by atoms with Crippen LogP contribution in [0.15, 0.2) is 54.6 Å². The van der Waals surface area contributed by atoms with Gasteiger partial charge in [0.25, 0.3) is 0 Å². The van der Waals surface area contributed by atoms with Crippen LogP contribution in [-0.2, 0) is 11.2 Å². The molecule has 128 valence electrons. The highest BCUT2D eigenvalue weighted by atomic mass is 19.1. The molecule has 0 fully saturated rings. The molecule has 0 saturated carbocycles. The van der Waals surface area contributed by atoms with Crippen molar-refractivity contribution in [2.75, 3.05) is 13.2 Å². The predicted molar refractivity (Wildman–Crippen MR) is 93.2 cm³/mol. The Kier molecular flexibility index (Phi) is 6.94. The average molecular weight is 329 g/mol. The molecule has 0 aromatic heterocycles. The van der Waals surface area contributed by atoms with Crippen LogP contribution in [0.5, 0.6) is 0 Å². The van der Waals surface area contributed by atoms with Gasteiger partial charge in [-0.25, -0.2) is 4.39 Å². The smallest absolute Gasteiger partial charge is 0.223 e. The summed E-state index contributed by atoms with van der Waals surface area (Å²) in [6, 6.07) is 16.4. The van der Waals surface area contributed by atoms with Crippen LogP contribution < -0.4 is 5.32 Å². The lowest BCUT2D eigenvalue weighted by atomic mass is 9.95. The maximum absolute atomic E-state index is 13.7. The lowest BCUT2D eigenvalue weighted by Crippen LogP contribution is -2.34. The molecule has 0 heterocycles. The van der Waals surface area contributed by atoms with Crippen LogP contribution in [0.1, 0.15) is 30.4 Å². The molecule has 0 spiro atoms. The Morgan fingerprint density at radius 2 is 1.79 bits per heavy atom. The average Bonchev–Trinajstić information content (AvgIpc) is 2.61. The summed E-state index contributed by atoms with van der Waals surface area (Å²) in [6.45, 7) is 2.33. The highest BCUT2D eigenvalue weighted by Gasteiger charge is 2.18. The first-order valence-electron chi connectivity index (χ1n) is 8.28. The van der Waals surface area contributed by atoms with E-state index in [1.807, 2.05) is 30.3 Å². The molecule has 2 rings (SSSR count). The Hall–Kier alpha value is -2.20. The van der Waals surface area contributed by atoms with Gasteiger partial charge in [-0.05, 0) is 30.0 Å². The summed E-state index contributed by atoms with van der Waals surface area (Å²) in [5.41, 5.74) is 1.64. The summed E-state index contributed by atoms with van der Waals surface area (Å²) in [7, 11) is 0. The zero-order valence-corrected chi connectivity index (χ0v) is 13.9. The van der Waals surface area contributed by atoms with E-state index in [4.69, 9.17) is 0 Å². The normalized spacial score (nSPS) is 13.3. The molecule has 24 heavy (non-hydrogen) atoms. The minimum absolute atomic E-state index is 0.0697. The number of carbonyl (C=O) groups is 1. The van der Waals surface area contributed by atoms with E-state index in [1.54, 1.807) is 25.1 Å². The van der Waals surface area contributed by atoms with E-state index >= 15 is 0 Å². The molecule has 2 unspecified atom stereocenters. The quantitative estimate of drug-likeness (QED) is 0.781. The topological polar surface area (TPSA) is 49.3 Å². The maximum Gasteiger partial charge on any atom is 0.223 e. The SMILES string of the molecule is CC(Cc1ccccc1F)C(=O)NCC(CCO)c1ccccc1. The van der Waals surface area contributed by atoms with E-state index < -0.39 is 0 Å². The molecule has 0 aliphatic carbocycles. The van der Waals surface area contributed by atoms with Gasteiger partial charge in [-0.3, -0.25) is 4.79 Å². The van der Waals surface area contributed by atoms with Crippen LogP contribution in [0.4, 0.5) is 4.39 Å². The molecule has 1 amide bonds. The van der Waals surface area contributed by atoms with Gasteiger partial charge < -0.3 is 10.4 Å². The van der Waals surface area contributed by atoms with Crippen molar-refractivity contribution in [3.05, 3.63) is 71.5 Å². The van der Waals surface area contributed by atoms with Gasteiger partial charge in [0, 0.05) is 25.0 Å². The van der Waals surface area contributed by atoms with Gasteiger partial charge in [-0.15, -0.1) is 0 Å². The number of benzene rings is 2. The first kappa shape index (κ1) is 18.1. The third kappa shape index (κ3) is 5.17. The minimum atomic E-state index is -0.313. The number of aliphatic hydroxyl groups is 1. The van der Waals surface area contributed by atoms with Crippen LogP contribution in [0.3, 0.4) is 0 Å². The molecule has 3 nitrogen and oxygen atoms in total. The number of nitrogens with one attached hydrogen (secondary N) is 1. The summed E-state index contributed by atoms with van der Waals surface area (Å²) in [4.78, 5) is 12.3. The van der Waals surface area contributed by atoms with Gasteiger partial charge in [0.2, 0.25) is 5.91 Å². The Morgan fingerprint density at radius 3 is 2.46 bits per heavy atom. The second kappa shape index (κ2) is 9.18. The van der Waals surface area contributed by atoms with Crippen LogP contribution >= 0.6 is 0 Å². The zero-order chi connectivity index (χ0) is 17.4. The molecule has 0 aliphatic rings. The van der Waals surface area contributed by atoms with E-state index in [-0.39, 0.29) is 30.2 Å². The first-order valence-corrected chi connectivity index (χ1v) is 8.28. The third-order valence-electron chi connectivity index (χ3n) is 4.20. The maximum atomic E-state index is 13.7. The lowest BCUT2D eigenvalue weighted by Gasteiger charge is -2.19. The number of hydrogen-bond acceptors (Lipinski definition) is 2. The molecular formula is C20H24FNO2. The van der Waals surface area contributed by atoms with Gasteiger partial charge in [-0.2, -0.15) is 0 Å². The molecule has 2 N–H and O–H groups in total. The predicted octanol–water partition coefficient (Wildman–Crippen LogP) is 3.29. The van der Waals surface area contributed by atoms with Gasteiger partial charge in [0.15, 0.2) is 0 Å². The molecule has 2 aromatic rings. The van der Waals surface area contributed by atoms with Crippen molar-refractivity contribution in [3.8, 4) is 0 Å². The number of hydrogen-bond donors (Lipinski definition) is 2. The van der Waals surface area contributed by atoms with Crippen molar-refractivity contribution in [1.82, 2.24) is 5.32 Å². The van der Waals surface area contributed by atoms with Crippen molar-refractivity contribution < 1.29 is 14.3 Å². The number of aliphatic hydroxyl groups excluding tert-OH is 1. The minimum Gasteiger partial charge on any atom is -0.396 e. The highest BCUT2D eigenvalue weighted by molar-refractivity contribution is 5.78. The van der Waals surface area contributed by atoms with E-state index in [0.717, 1.165) is 5.56 Å². The first-order chi connectivity index (χ1) is 11.6. The Morgan fingerprint density at radius 1 is 1.12 bits per heavy atom. The Bertz CT molecular complexity index is 645. The zero-order valence-electron chi connectivity index (χ0n) is 13.9. The van der Waals surface area contributed by atoms with Crippen molar-refractivity contribution >= 4 is 5.91 Å². The number of carbonyl (C=O) groups excluding carboxylic acids is 1. The van der Waals surface area contributed by atoms with Gasteiger partial charge >= 0.3 is 0 Å². The Labute approximate surface area is 142 Å². The van der Waals surface area contributed by atoms with Crippen LogP contribution in [0.2, 0.25) is 0 Å². The number of rotatable bonds is 8. The molecule has 4 heteroatoms. The summed E-state index contributed by atoms with van der Waals surface area (Å²) >= 11 is 0. The fourth-order valence-corrected chi connectivity index (χ4v) is 2.75. The van der Waals surface area contributed by atoms with E-state index in [0.29, 0.717) is 24.9 Å². The van der Waals surface area contributed by atoms with Gasteiger partial charge in [0.1, 0.15) is 5.82 Å². The van der Waals surface area contributed by atoms with Crippen LogP contribution in [0.25, 0.3) is 0 Å². The molecule has 0 aliphatic heterocycles. The largest absolute Gasteiger partial charge is 0.396 e. The summed E-state index contributed by atoms with van der Waals surface area (Å²) in [5, 5.41) is 12.2. The molecular weight excluding hydrogens is 305 g/mol. The fraction of sp³-hybridized carbons (Fsp3) is 0.350. The van der Waals surface area contributed by atoms with Crippen molar-refractivity contribution in [2.45, 2.75) is 25.7 Å². The molecule has 2 atom stereocenters. The van der Waals surface area contributed by atoms with Gasteiger partial charge in [0.05, 0.1) is 0 Å². The summed E-state index contributed by atoms with van der Waals surface area (Å²) in [6.07, 6.45) is 0.959. The molecule has 0 radical (unpaired) electrons. The number of amides is 1. The van der Waals surface area contributed by atoms with Crippen molar-refractivity contribution in [2.24, 2.45) is 5.92 Å². The second-order valence-corrected chi connectivity index (χ2v) is 6.06. The van der Waals surface area contributed by atoms with Gasteiger partial charge in [-0.1, -0.05) is 55.5 Å². The van der Waals surface area contributed by atoms with Crippen LogP contribution in [-0.4, -0.2) is 24.2 Å². The van der Waals surface area contributed by atoms with Crippen molar-refractivity contribution in [1.29, 1.82) is 0 Å². The lowest BCUT2D eigenvalue weighted by molar-refractivity contribution is -0.124. The molecule has 2 aromatic carbocycles. The highest BCUT2D eigenvalue weighted by Crippen LogP contribution is 2.19. The van der Waals surface area contributed by atoms with Crippen LogP contribution in [0, 0.1) is 11.7 Å². The standard InChI is InChI=1S/C20H24FNO2/c1-15(13-17-9-5-6-10-19(17)21)20(24)22-14-18(11-12-23)16-7-3-2-4-8-16/h2-10,15,18,23H,11-14H2,1H3,(H,22,24). The third-order valence-corrected chi connectivity index (χ3v) is 4.20. The molecule has 0 saturated heterocycles. The van der Waals surface area contributed by atoms with Crippen molar-refractivity contribution in [3.63, 3.8) is 0 Å². The monoisotopic (exact) mass is 329 g/mol. The van der Waals surface area contributed by atoms with E-state index in [2.05, 4.69) is 5.32 Å². The van der Waals surface area contributed by atoms with E-state index in [9.17, 15) is 14.3 Å². The Balaban J connectivity index is 1.92. The second-order valence-electron chi connectivity index (χ2n) is 6.06. The fourth-order valence-electron chi connectivity index (χ4n) is 2.75. The van der Waals surface area contributed by atoms with E-state index in [1.165, 1.54) is 6.07 Å². The molecule has 0 bridgehead atoms. The summed E-state index contributed by atoms with van der Waals surface area (Å²) in [5.74, 6) is -0.620. The summed E-state index contributed by atoms with van der Waals surface area (Å²) < 4.78 is 13.7. The number of halogens is 1.